The molecule has 0 spiro atoms. The third-order valence-corrected chi connectivity index (χ3v) is 3.19. The van der Waals surface area contributed by atoms with E-state index in [0.29, 0.717) is 6.42 Å². The van der Waals surface area contributed by atoms with Crippen LogP contribution in [0.15, 0.2) is 23.0 Å². The first-order valence-electron chi connectivity index (χ1n) is 6.29. The van der Waals surface area contributed by atoms with Crippen LogP contribution in [0, 0.1) is 0 Å². The number of methoxy groups -OCH3 is 1. The molecule has 1 aromatic rings. The van der Waals surface area contributed by atoms with Crippen molar-refractivity contribution in [3.05, 3.63) is 24.2 Å². The van der Waals surface area contributed by atoms with Crippen molar-refractivity contribution >= 4 is 5.91 Å². The van der Waals surface area contributed by atoms with Crippen molar-refractivity contribution in [3.8, 4) is 0 Å². The molecule has 0 bridgehead atoms. The second-order valence-corrected chi connectivity index (χ2v) is 4.65. The highest BCUT2D eigenvalue weighted by Gasteiger charge is 2.23. The van der Waals surface area contributed by atoms with Crippen molar-refractivity contribution < 1.29 is 13.9 Å². The van der Waals surface area contributed by atoms with Gasteiger partial charge in [0.1, 0.15) is 0 Å². The molecule has 18 heavy (non-hydrogen) atoms. The van der Waals surface area contributed by atoms with Gasteiger partial charge >= 0.3 is 0 Å². The lowest BCUT2D eigenvalue weighted by atomic mass is 10.2. The first-order valence-corrected chi connectivity index (χ1v) is 6.29. The van der Waals surface area contributed by atoms with Crippen LogP contribution in [0.2, 0.25) is 0 Å². The number of likely N-dealkylation sites (tertiary alicyclic amines) is 1. The lowest BCUT2D eigenvalue weighted by molar-refractivity contribution is -0.121. The summed E-state index contributed by atoms with van der Waals surface area (Å²) in [7, 11) is 1.71. The summed E-state index contributed by atoms with van der Waals surface area (Å²) in [5.41, 5.74) is 0.918. The monoisotopic (exact) mass is 252 g/mol. The fourth-order valence-electron chi connectivity index (χ4n) is 2.23. The van der Waals surface area contributed by atoms with Crippen LogP contribution in [0.1, 0.15) is 12.0 Å². The van der Waals surface area contributed by atoms with Crippen LogP contribution in [0.3, 0.4) is 0 Å². The molecule has 1 amide bonds. The molecule has 1 aliphatic heterocycles. The molecular formula is C13H20N2O3. The van der Waals surface area contributed by atoms with Crippen LogP contribution in [-0.2, 0) is 16.0 Å². The molecular weight excluding hydrogens is 232 g/mol. The van der Waals surface area contributed by atoms with E-state index in [1.54, 1.807) is 19.6 Å². The SMILES string of the molecule is COCCN1CCC(NC(=O)Cc2ccoc2)C1. The maximum atomic E-state index is 11.8. The van der Waals surface area contributed by atoms with Crippen molar-refractivity contribution in [2.45, 2.75) is 18.9 Å². The number of rotatable bonds is 6. The topological polar surface area (TPSA) is 54.7 Å². The van der Waals surface area contributed by atoms with Gasteiger partial charge in [0.25, 0.3) is 0 Å². The first-order chi connectivity index (χ1) is 8.78. The van der Waals surface area contributed by atoms with Crippen molar-refractivity contribution in [2.75, 3.05) is 33.4 Å². The van der Waals surface area contributed by atoms with Crippen molar-refractivity contribution in [3.63, 3.8) is 0 Å². The maximum absolute atomic E-state index is 11.8. The molecule has 0 saturated carbocycles. The van der Waals surface area contributed by atoms with E-state index in [1.165, 1.54) is 0 Å². The smallest absolute Gasteiger partial charge is 0.224 e. The average Bonchev–Trinajstić information content (AvgIpc) is 2.98. The summed E-state index contributed by atoms with van der Waals surface area (Å²) in [5, 5.41) is 3.06. The Morgan fingerprint density at radius 3 is 3.28 bits per heavy atom. The van der Waals surface area contributed by atoms with E-state index < -0.39 is 0 Å². The molecule has 5 heteroatoms. The van der Waals surface area contributed by atoms with Gasteiger partial charge in [-0.25, -0.2) is 0 Å². The number of ether oxygens (including phenoxy) is 1. The van der Waals surface area contributed by atoms with Crippen LogP contribution in [0.5, 0.6) is 0 Å². The molecule has 1 atom stereocenters. The standard InChI is InChI=1S/C13H20N2O3/c1-17-7-5-15-4-2-12(9-15)14-13(16)8-11-3-6-18-10-11/h3,6,10,12H,2,4-5,7-9H2,1H3,(H,14,16). The van der Waals surface area contributed by atoms with E-state index in [0.717, 1.165) is 38.2 Å². The first kappa shape index (κ1) is 13.1. The molecule has 1 unspecified atom stereocenters. The van der Waals surface area contributed by atoms with Gasteiger partial charge in [0.15, 0.2) is 0 Å². The van der Waals surface area contributed by atoms with Gasteiger partial charge in [0.2, 0.25) is 5.91 Å². The van der Waals surface area contributed by atoms with E-state index in [1.807, 2.05) is 6.07 Å². The predicted molar refractivity (Wildman–Crippen MR) is 67.3 cm³/mol. The molecule has 2 heterocycles. The molecule has 2 rings (SSSR count). The van der Waals surface area contributed by atoms with Crippen LogP contribution in [0.25, 0.3) is 0 Å². The summed E-state index contributed by atoms with van der Waals surface area (Å²) in [4.78, 5) is 14.1. The van der Waals surface area contributed by atoms with Gasteiger partial charge in [0, 0.05) is 32.8 Å². The Kier molecular flexibility index (Phi) is 4.78. The lowest BCUT2D eigenvalue weighted by Crippen LogP contribution is -2.38. The number of furan rings is 1. The molecule has 1 saturated heterocycles. The number of nitrogens with zero attached hydrogens (tertiary/aromatic N) is 1. The summed E-state index contributed by atoms with van der Waals surface area (Å²) in [5.74, 6) is 0.0648. The minimum Gasteiger partial charge on any atom is -0.472 e. The normalized spacial score (nSPS) is 20.2. The number of hydrogen-bond acceptors (Lipinski definition) is 4. The Morgan fingerprint density at radius 1 is 1.67 bits per heavy atom. The number of hydrogen-bond donors (Lipinski definition) is 1. The third-order valence-electron chi connectivity index (χ3n) is 3.19. The van der Waals surface area contributed by atoms with Gasteiger partial charge in [-0.1, -0.05) is 0 Å². The van der Waals surface area contributed by atoms with Gasteiger partial charge < -0.3 is 14.5 Å². The highest BCUT2D eigenvalue weighted by Crippen LogP contribution is 2.09. The zero-order valence-electron chi connectivity index (χ0n) is 10.7. The van der Waals surface area contributed by atoms with Crippen molar-refractivity contribution in [2.24, 2.45) is 0 Å². The van der Waals surface area contributed by atoms with Crippen molar-refractivity contribution in [1.29, 1.82) is 0 Å². The number of nitrogens with one attached hydrogen (secondary N) is 1. The summed E-state index contributed by atoms with van der Waals surface area (Å²) < 4.78 is 10.00. The van der Waals surface area contributed by atoms with Gasteiger partial charge in [-0.15, -0.1) is 0 Å². The summed E-state index contributed by atoms with van der Waals surface area (Å²) >= 11 is 0. The predicted octanol–water partition coefficient (Wildman–Crippen LogP) is 0.659. The minimum atomic E-state index is 0.0648. The largest absolute Gasteiger partial charge is 0.472 e. The number of amides is 1. The van der Waals surface area contributed by atoms with E-state index in [-0.39, 0.29) is 11.9 Å². The summed E-state index contributed by atoms with van der Waals surface area (Å²) in [6, 6.07) is 2.08. The van der Waals surface area contributed by atoms with E-state index in [4.69, 9.17) is 9.15 Å². The molecule has 1 N–H and O–H groups in total. The second-order valence-electron chi connectivity index (χ2n) is 4.65. The molecule has 1 aromatic heterocycles. The Hall–Kier alpha value is -1.33. The molecule has 0 aromatic carbocycles. The van der Waals surface area contributed by atoms with Crippen molar-refractivity contribution in [1.82, 2.24) is 10.2 Å². The summed E-state index contributed by atoms with van der Waals surface area (Å²) in [6.45, 7) is 3.63. The van der Waals surface area contributed by atoms with E-state index in [9.17, 15) is 4.79 Å². The van der Waals surface area contributed by atoms with Gasteiger partial charge in [-0.05, 0) is 18.1 Å². The third kappa shape index (κ3) is 3.85. The highest BCUT2D eigenvalue weighted by atomic mass is 16.5. The van der Waals surface area contributed by atoms with Crippen LogP contribution < -0.4 is 5.32 Å². The van der Waals surface area contributed by atoms with Gasteiger partial charge in [-0.3, -0.25) is 9.69 Å². The second kappa shape index (κ2) is 6.56. The van der Waals surface area contributed by atoms with Crippen LogP contribution in [0.4, 0.5) is 0 Å². The molecule has 100 valence electrons. The fraction of sp³-hybridized carbons (Fsp3) is 0.615. The minimum absolute atomic E-state index is 0.0648. The zero-order chi connectivity index (χ0) is 12.8. The van der Waals surface area contributed by atoms with Crippen LogP contribution >= 0.6 is 0 Å². The van der Waals surface area contributed by atoms with Gasteiger partial charge in [-0.2, -0.15) is 0 Å². The van der Waals surface area contributed by atoms with Crippen LogP contribution in [-0.4, -0.2) is 50.2 Å². The molecule has 0 radical (unpaired) electrons. The quantitative estimate of drug-likeness (QED) is 0.808. The molecule has 0 aliphatic carbocycles. The maximum Gasteiger partial charge on any atom is 0.224 e. The van der Waals surface area contributed by atoms with E-state index >= 15 is 0 Å². The fourth-order valence-corrected chi connectivity index (χ4v) is 2.23. The highest BCUT2D eigenvalue weighted by molar-refractivity contribution is 5.78. The molecule has 5 nitrogen and oxygen atoms in total. The Balaban J connectivity index is 1.69. The zero-order valence-corrected chi connectivity index (χ0v) is 10.7. The lowest BCUT2D eigenvalue weighted by Gasteiger charge is -2.15. The van der Waals surface area contributed by atoms with Gasteiger partial charge in [0.05, 0.1) is 25.6 Å². The summed E-state index contributed by atoms with van der Waals surface area (Å²) in [6.07, 6.45) is 4.61. The van der Waals surface area contributed by atoms with E-state index in [2.05, 4.69) is 10.2 Å². The Bertz CT molecular complexity index is 364. The Labute approximate surface area is 107 Å². The Morgan fingerprint density at radius 2 is 2.56 bits per heavy atom. The number of carbonyl (C=O) groups is 1. The number of carbonyl (C=O) groups excluding carboxylic acids is 1. The average molecular weight is 252 g/mol. The molecule has 1 aliphatic rings. The molecule has 1 fully saturated rings.